The van der Waals surface area contributed by atoms with Gasteiger partial charge in [0, 0.05) is 19.2 Å². The van der Waals surface area contributed by atoms with E-state index in [1.165, 1.54) is 7.11 Å². The topological polar surface area (TPSA) is 65.1 Å². The molecular weight excluding hydrogens is 322 g/mol. The number of carbonyl (C=O) groups is 2. The van der Waals surface area contributed by atoms with Crippen LogP contribution in [0.15, 0.2) is 30.3 Å². The summed E-state index contributed by atoms with van der Waals surface area (Å²) in [4.78, 5) is 26.9. The van der Waals surface area contributed by atoms with Gasteiger partial charge in [-0.3, -0.25) is 14.5 Å². The average Bonchev–Trinajstić information content (AvgIpc) is 2.87. The van der Waals surface area contributed by atoms with E-state index in [9.17, 15) is 9.59 Å². The number of likely N-dealkylation sites (tertiary alicyclic amines) is 1. The Bertz CT molecular complexity index is 599. The van der Waals surface area contributed by atoms with Gasteiger partial charge in [-0.1, -0.05) is 30.3 Å². The molecule has 2 saturated heterocycles. The van der Waals surface area contributed by atoms with Crippen LogP contribution in [0.2, 0.25) is 0 Å². The quantitative estimate of drug-likeness (QED) is 0.600. The first-order valence-electron chi connectivity index (χ1n) is 8.80. The standard InChI is InChI=1S/C19H25NO5/c1-13-16(19(22)23-2)17(21)18(25-15-10-6-7-11-24-15)20(13)12-14-8-4-3-5-9-14/h3-5,8-9,13,15-16,18H,6-7,10-12H2,1-2H3. The van der Waals surface area contributed by atoms with Crippen LogP contribution >= 0.6 is 0 Å². The highest BCUT2D eigenvalue weighted by Gasteiger charge is 2.51. The summed E-state index contributed by atoms with van der Waals surface area (Å²) in [5, 5.41) is 0. The first kappa shape index (κ1) is 18.0. The lowest BCUT2D eigenvalue weighted by Gasteiger charge is -2.31. The highest BCUT2D eigenvalue weighted by Crippen LogP contribution is 2.32. The van der Waals surface area contributed by atoms with Crippen LogP contribution in [0.25, 0.3) is 0 Å². The molecule has 6 nitrogen and oxygen atoms in total. The fourth-order valence-electron chi connectivity index (χ4n) is 3.53. The molecule has 136 valence electrons. The van der Waals surface area contributed by atoms with E-state index in [4.69, 9.17) is 14.2 Å². The van der Waals surface area contributed by atoms with Crippen molar-refractivity contribution in [3.63, 3.8) is 0 Å². The molecule has 0 spiro atoms. The zero-order valence-electron chi connectivity index (χ0n) is 14.7. The van der Waals surface area contributed by atoms with Crippen LogP contribution in [-0.2, 0) is 30.3 Å². The lowest BCUT2D eigenvalue weighted by atomic mass is 10.0. The van der Waals surface area contributed by atoms with Gasteiger partial charge in [0.25, 0.3) is 0 Å². The number of hydrogen-bond donors (Lipinski definition) is 0. The molecule has 4 atom stereocenters. The highest BCUT2D eigenvalue weighted by molar-refractivity contribution is 6.03. The number of ether oxygens (including phenoxy) is 3. The van der Waals surface area contributed by atoms with E-state index in [0.29, 0.717) is 13.2 Å². The molecule has 2 fully saturated rings. The Morgan fingerprint density at radius 2 is 2.04 bits per heavy atom. The van der Waals surface area contributed by atoms with Crippen LogP contribution in [0, 0.1) is 5.92 Å². The van der Waals surface area contributed by atoms with Crippen molar-refractivity contribution < 1.29 is 23.8 Å². The predicted molar refractivity (Wildman–Crippen MR) is 90.4 cm³/mol. The van der Waals surface area contributed by atoms with Gasteiger partial charge in [-0.05, 0) is 31.7 Å². The molecule has 25 heavy (non-hydrogen) atoms. The second-order valence-electron chi connectivity index (χ2n) is 6.59. The number of rotatable bonds is 5. The number of Topliss-reactive ketones (excluding diaryl/α,β-unsaturated/α-hetero) is 1. The molecule has 2 aliphatic heterocycles. The first-order chi connectivity index (χ1) is 12.1. The molecule has 1 aromatic carbocycles. The maximum absolute atomic E-state index is 12.9. The fourth-order valence-corrected chi connectivity index (χ4v) is 3.53. The van der Waals surface area contributed by atoms with Crippen molar-refractivity contribution in [2.45, 2.75) is 51.3 Å². The third-order valence-electron chi connectivity index (χ3n) is 4.94. The summed E-state index contributed by atoms with van der Waals surface area (Å²) in [5.74, 6) is -1.59. The van der Waals surface area contributed by atoms with Crippen molar-refractivity contribution in [1.82, 2.24) is 4.90 Å². The minimum absolute atomic E-state index is 0.246. The van der Waals surface area contributed by atoms with E-state index in [0.717, 1.165) is 24.8 Å². The molecule has 2 heterocycles. The zero-order valence-corrected chi connectivity index (χ0v) is 14.7. The number of benzene rings is 1. The van der Waals surface area contributed by atoms with E-state index in [1.54, 1.807) is 0 Å². The highest BCUT2D eigenvalue weighted by atomic mass is 16.7. The second-order valence-corrected chi connectivity index (χ2v) is 6.59. The van der Waals surface area contributed by atoms with Gasteiger partial charge in [0.15, 0.2) is 18.3 Å². The Morgan fingerprint density at radius 1 is 1.28 bits per heavy atom. The average molecular weight is 347 g/mol. The molecule has 3 rings (SSSR count). The largest absolute Gasteiger partial charge is 0.468 e. The van der Waals surface area contributed by atoms with Crippen molar-refractivity contribution >= 4 is 11.8 Å². The Balaban J connectivity index is 1.81. The Hall–Kier alpha value is -1.76. The third kappa shape index (κ3) is 3.92. The van der Waals surface area contributed by atoms with Gasteiger partial charge >= 0.3 is 5.97 Å². The van der Waals surface area contributed by atoms with E-state index in [1.807, 2.05) is 42.2 Å². The van der Waals surface area contributed by atoms with Crippen LogP contribution in [0.5, 0.6) is 0 Å². The molecule has 1 aromatic rings. The van der Waals surface area contributed by atoms with Crippen LogP contribution < -0.4 is 0 Å². The maximum Gasteiger partial charge on any atom is 0.317 e. The molecule has 6 heteroatoms. The monoisotopic (exact) mass is 347 g/mol. The lowest BCUT2D eigenvalue weighted by Crippen LogP contribution is -2.41. The fraction of sp³-hybridized carbons (Fsp3) is 0.579. The van der Waals surface area contributed by atoms with Gasteiger partial charge in [-0.15, -0.1) is 0 Å². The predicted octanol–water partition coefficient (Wildman–Crippen LogP) is 2.12. The van der Waals surface area contributed by atoms with Gasteiger partial charge in [0.2, 0.25) is 0 Å². The molecule has 0 saturated carbocycles. The number of esters is 1. The Labute approximate surface area is 148 Å². The van der Waals surface area contributed by atoms with E-state index < -0.39 is 24.4 Å². The van der Waals surface area contributed by atoms with Gasteiger partial charge in [-0.25, -0.2) is 0 Å². The van der Waals surface area contributed by atoms with Gasteiger partial charge in [0.1, 0.15) is 5.92 Å². The molecule has 0 N–H and O–H groups in total. The van der Waals surface area contributed by atoms with Gasteiger partial charge in [0.05, 0.1) is 7.11 Å². The van der Waals surface area contributed by atoms with E-state index in [2.05, 4.69) is 0 Å². The van der Waals surface area contributed by atoms with Crippen LogP contribution in [0.4, 0.5) is 0 Å². The summed E-state index contributed by atoms with van der Waals surface area (Å²) in [7, 11) is 1.31. The van der Waals surface area contributed by atoms with Crippen molar-refractivity contribution in [3.8, 4) is 0 Å². The van der Waals surface area contributed by atoms with Crippen molar-refractivity contribution in [2.75, 3.05) is 13.7 Å². The summed E-state index contributed by atoms with van der Waals surface area (Å²) < 4.78 is 16.5. The lowest BCUT2D eigenvalue weighted by molar-refractivity contribution is -0.214. The number of carbonyl (C=O) groups excluding carboxylic acids is 2. The first-order valence-corrected chi connectivity index (χ1v) is 8.80. The smallest absolute Gasteiger partial charge is 0.317 e. The van der Waals surface area contributed by atoms with Crippen LogP contribution in [0.1, 0.15) is 31.7 Å². The van der Waals surface area contributed by atoms with Crippen molar-refractivity contribution in [2.24, 2.45) is 5.92 Å². The minimum Gasteiger partial charge on any atom is -0.468 e. The summed E-state index contributed by atoms with van der Waals surface area (Å²) >= 11 is 0. The van der Waals surface area contributed by atoms with Crippen molar-refractivity contribution in [1.29, 1.82) is 0 Å². The Kier molecular flexibility index (Phi) is 5.83. The molecular formula is C19H25NO5. The van der Waals surface area contributed by atoms with Crippen LogP contribution in [0.3, 0.4) is 0 Å². The third-order valence-corrected chi connectivity index (χ3v) is 4.94. The maximum atomic E-state index is 12.9. The molecule has 0 aromatic heterocycles. The SMILES string of the molecule is COC(=O)C1C(=O)C(OC2CCCCO2)N(Cc2ccccc2)C1C. The number of methoxy groups -OCH3 is 1. The molecule has 4 unspecified atom stereocenters. The number of ketones is 1. The van der Waals surface area contributed by atoms with Crippen LogP contribution in [-0.4, -0.2) is 48.9 Å². The molecule has 0 amide bonds. The number of hydrogen-bond acceptors (Lipinski definition) is 6. The Morgan fingerprint density at radius 3 is 2.68 bits per heavy atom. The van der Waals surface area contributed by atoms with E-state index in [-0.39, 0.29) is 11.8 Å². The van der Waals surface area contributed by atoms with Crippen molar-refractivity contribution in [3.05, 3.63) is 35.9 Å². The normalized spacial score (nSPS) is 30.4. The zero-order chi connectivity index (χ0) is 17.8. The van der Waals surface area contributed by atoms with Gasteiger partial charge in [-0.2, -0.15) is 0 Å². The minimum atomic E-state index is -0.831. The molecule has 0 radical (unpaired) electrons. The van der Waals surface area contributed by atoms with Gasteiger partial charge < -0.3 is 14.2 Å². The summed E-state index contributed by atoms with van der Waals surface area (Å²) in [6.07, 6.45) is 1.60. The number of nitrogens with zero attached hydrogens (tertiary/aromatic N) is 1. The summed E-state index contributed by atoms with van der Waals surface area (Å²) in [6, 6.07) is 9.55. The van der Waals surface area contributed by atoms with E-state index >= 15 is 0 Å². The molecule has 2 aliphatic rings. The molecule has 0 bridgehead atoms. The second kappa shape index (κ2) is 8.08. The summed E-state index contributed by atoms with van der Waals surface area (Å²) in [6.45, 7) is 3.03. The summed E-state index contributed by atoms with van der Waals surface area (Å²) in [5.41, 5.74) is 1.06. The molecule has 0 aliphatic carbocycles.